The molecule has 3 aromatic rings. The lowest BCUT2D eigenvalue weighted by atomic mass is 9.62. The number of carbonyl (C=O) groups is 2. The van der Waals surface area contributed by atoms with Crippen LogP contribution in [0.25, 0.3) is 0 Å². The first kappa shape index (κ1) is 20.4. The highest BCUT2D eigenvalue weighted by molar-refractivity contribution is 6.06. The molecular formula is C27H25FN2O2. The van der Waals surface area contributed by atoms with Crippen molar-refractivity contribution in [2.24, 2.45) is 5.41 Å². The molecule has 162 valence electrons. The number of halogens is 1. The highest BCUT2D eigenvalue weighted by Gasteiger charge is 2.62. The first-order valence-corrected chi connectivity index (χ1v) is 11.0. The third kappa shape index (κ3) is 3.48. The van der Waals surface area contributed by atoms with Crippen molar-refractivity contribution >= 4 is 17.5 Å². The first-order chi connectivity index (χ1) is 15.6. The average molecular weight is 429 g/mol. The summed E-state index contributed by atoms with van der Waals surface area (Å²) in [5.74, 6) is -0.243. The van der Waals surface area contributed by atoms with Crippen LogP contribution in [-0.4, -0.2) is 29.8 Å². The van der Waals surface area contributed by atoms with Crippen molar-refractivity contribution in [3.05, 3.63) is 102 Å². The highest BCUT2D eigenvalue weighted by Crippen LogP contribution is 2.57. The average Bonchev–Trinajstić information content (AvgIpc) is 2.83. The molecule has 5 heteroatoms. The summed E-state index contributed by atoms with van der Waals surface area (Å²) in [5, 5.41) is 0. The molecule has 1 atom stereocenters. The molecule has 2 heterocycles. The van der Waals surface area contributed by atoms with Gasteiger partial charge >= 0.3 is 0 Å². The summed E-state index contributed by atoms with van der Waals surface area (Å²) in [7, 11) is 0. The molecule has 3 aromatic carbocycles. The van der Waals surface area contributed by atoms with Gasteiger partial charge in [-0.2, -0.15) is 0 Å². The second-order valence-corrected chi connectivity index (χ2v) is 8.67. The third-order valence-electron chi connectivity index (χ3n) is 6.83. The fourth-order valence-electron chi connectivity index (χ4n) is 5.18. The van der Waals surface area contributed by atoms with Crippen LogP contribution in [0.1, 0.15) is 30.0 Å². The van der Waals surface area contributed by atoms with Crippen LogP contribution >= 0.6 is 0 Å². The number of nitrogens with zero attached hydrogens (tertiary/aromatic N) is 2. The number of likely N-dealkylation sites (tertiary alicyclic amines) is 1. The van der Waals surface area contributed by atoms with Crippen LogP contribution in [0.15, 0.2) is 84.9 Å². The Balaban J connectivity index is 1.38. The summed E-state index contributed by atoms with van der Waals surface area (Å²) in [6, 6.07) is 25.7. The minimum Gasteiger partial charge on any atom is -0.342 e. The maximum Gasteiger partial charge on any atom is 0.236 e. The predicted octanol–water partition coefficient (Wildman–Crippen LogP) is 4.77. The lowest BCUT2D eigenvalue weighted by Crippen LogP contribution is -2.67. The topological polar surface area (TPSA) is 40.6 Å². The Labute approximate surface area is 187 Å². The number of β-lactam (4-membered cyclic amide) rings is 1. The van der Waals surface area contributed by atoms with Gasteiger partial charge in [0.25, 0.3) is 0 Å². The van der Waals surface area contributed by atoms with Gasteiger partial charge in [0.1, 0.15) is 5.82 Å². The SMILES string of the molecule is O=C(Cc1ccccc1)N1CCC2(CC1)C(=O)N(c1cccc(F)c1)C2c1ccccc1. The van der Waals surface area contributed by atoms with Crippen molar-refractivity contribution in [3.8, 4) is 0 Å². The third-order valence-corrected chi connectivity index (χ3v) is 6.83. The van der Waals surface area contributed by atoms with Gasteiger partial charge in [0.15, 0.2) is 0 Å². The van der Waals surface area contributed by atoms with Crippen LogP contribution in [0.2, 0.25) is 0 Å². The number of hydrogen-bond donors (Lipinski definition) is 0. The second-order valence-electron chi connectivity index (χ2n) is 8.67. The second kappa shape index (κ2) is 8.23. The number of rotatable bonds is 4. The largest absolute Gasteiger partial charge is 0.342 e. The predicted molar refractivity (Wildman–Crippen MR) is 121 cm³/mol. The van der Waals surface area contributed by atoms with Gasteiger partial charge in [-0.25, -0.2) is 4.39 Å². The minimum atomic E-state index is -0.558. The van der Waals surface area contributed by atoms with Gasteiger partial charge in [0, 0.05) is 18.8 Å². The van der Waals surface area contributed by atoms with Crippen molar-refractivity contribution in [2.75, 3.05) is 18.0 Å². The van der Waals surface area contributed by atoms with Crippen LogP contribution in [0.3, 0.4) is 0 Å². The Bertz CT molecular complexity index is 1120. The van der Waals surface area contributed by atoms with Crippen LogP contribution in [-0.2, 0) is 16.0 Å². The molecule has 0 saturated carbocycles. The van der Waals surface area contributed by atoms with Gasteiger partial charge in [-0.15, -0.1) is 0 Å². The molecule has 32 heavy (non-hydrogen) atoms. The molecule has 5 rings (SSSR count). The Kier molecular flexibility index (Phi) is 5.25. The van der Waals surface area contributed by atoms with E-state index in [1.165, 1.54) is 12.1 Å². The molecular weight excluding hydrogens is 403 g/mol. The molecule has 2 amide bonds. The van der Waals surface area contributed by atoms with Gasteiger partial charge in [0.05, 0.1) is 17.9 Å². The minimum absolute atomic E-state index is 0.0205. The van der Waals surface area contributed by atoms with Gasteiger partial charge in [0.2, 0.25) is 11.8 Å². The van der Waals surface area contributed by atoms with Crippen molar-refractivity contribution in [1.82, 2.24) is 4.90 Å². The molecule has 0 N–H and O–H groups in total. The number of hydrogen-bond acceptors (Lipinski definition) is 2. The van der Waals surface area contributed by atoms with E-state index in [0.717, 1.165) is 11.1 Å². The summed E-state index contributed by atoms with van der Waals surface area (Å²) in [6.45, 7) is 1.11. The highest BCUT2D eigenvalue weighted by atomic mass is 19.1. The molecule has 2 saturated heterocycles. The molecule has 0 radical (unpaired) electrons. The number of piperidine rings is 1. The molecule has 0 aliphatic carbocycles. The summed E-state index contributed by atoms with van der Waals surface area (Å²) in [6.07, 6.45) is 1.59. The van der Waals surface area contributed by atoms with E-state index in [0.29, 0.717) is 38.0 Å². The van der Waals surface area contributed by atoms with Crippen molar-refractivity contribution in [1.29, 1.82) is 0 Å². The number of amides is 2. The molecule has 0 aromatic heterocycles. The molecule has 2 aliphatic heterocycles. The molecule has 1 unspecified atom stereocenters. The van der Waals surface area contributed by atoms with Crippen LogP contribution in [0.5, 0.6) is 0 Å². The number of anilines is 1. The molecule has 0 bridgehead atoms. The summed E-state index contributed by atoms with van der Waals surface area (Å²) in [4.78, 5) is 29.9. The standard InChI is InChI=1S/C27H25FN2O2/c28-22-12-7-13-23(19-22)30-25(21-10-5-2-6-11-21)27(26(30)32)14-16-29(17-15-27)24(31)18-20-8-3-1-4-9-20/h1-13,19,25H,14-18H2. The van der Waals surface area contributed by atoms with Crippen molar-refractivity contribution in [3.63, 3.8) is 0 Å². The molecule has 4 nitrogen and oxygen atoms in total. The Morgan fingerprint density at radius 2 is 1.56 bits per heavy atom. The summed E-state index contributed by atoms with van der Waals surface area (Å²) < 4.78 is 13.9. The van der Waals surface area contributed by atoms with E-state index < -0.39 is 5.41 Å². The smallest absolute Gasteiger partial charge is 0.236 e. The van der Waals surface area contributed by atoms with Crippen LogP contribution < -0.4 is 4.90 Å². The van der Waals surface area contributed by atoms with E-state index in [-0.39, 0.29) is 23.7 Å². The molecule has 2 fully saturated rings. The van der Waals surface area contributed by atoms with Gasteiger partial charge in [-0.3, -0.25) is 9.59 Å². The van der Waals surface area contributed by atoms with E-state index >= 15 is 0 Å². The van der Waals surface area contributed by atoms with Crippen molar-refractivity contribution in [2.45, 2.75) is 25.3 Å². The lowest BCUT2D eigenvalue weighted by Gasteiger charge is -2.59. The number of carbonyl (C=O) groups excluding carboxylic acids is 2. The van der Waals surface area contributed by atoms with E-state index in [4.69, 9.17) is 0 Å². The maximum absolute atomic E-state index is 13.9. The fraction of sp³-hybridized carbons (Fsp3) is 0.259. The van der Waals surface area contributed by atoms with Crippen LogP contribution in [0, 0.1) is 11.2 Å². The van der Waals surface area contributed by atoms with E-state index in [1.54, 1.807) is 17.0 Å². The molecule has 2 aliphatic rings. The lowest BCUT2D eigenvalue weighted by molar-refractivity contribution is -0.149. The van der Waals surface area contributed by atoms with Gasteiger partial charge in [-0.05, 0) is 42.2 Å². The monoisotopic (exact) mass is 428 g/mol. The van der Waals surface area contributed by atoms with Crippen molar-refractivity contribution < 1.29 is 14.0 Å². The normalized spacial score (nSPS) is 19.7. The van der Waals surface area contributed by atoms with Gasteiger partial charge < -0.3 is 9.80 Å². The van der Waals surface area contributed by atoms with E-state index in [9.17, 15) is 14.0 Å². The Morgan fingerprint density at radius 1 is 0.906 bits per heavy atom. The molecule has 1 spiro atoms. The Hall–Kier alpha value is -3.47. The van der Waals surface area contributed by atoms with E-state index in [2.05, 4.69) is 0 Å². The quantitative estimate of drug-likeness (QED) is 0.562. The first-order valence-electron chi connectivity index (χ1n) is 11.0. The van der Waals surface area contributed by atoms with Crippen LogP contribution in [0.4, 0.5) is 10.1 Å². The zero-order chi connectivity index (χ0) is 22.1. The summed E-state index contributed by atoms with van der Waals surface area (Å²) >= 11 is 0. The Morgan fingerprint density at radius 3 is 2.22 bits per heavy atom. The zero-order valence-electron chi connectivity index (χ0n) is 17.8. The fourth-order valence-corrected chi connectivity index (χ4v) is 5.18. The number of benzene rings is 3. The van der Waals surface area contributed by atoms with E-state index in [1.807, 2.05) is 65.6 Å². The summed E-state index contributed by atoms with van der Waals surface area (Å²) in [5.41, 5.74) is 2.06. The van der Waals surface area contributed by atoms with Gasteiger partial charge in [-0.1, -0.05) is 66.7 Å². The maximum atomic E-state index is 13.9. The zero-order valence-corrected chi connectivity index (χ0v) is 17.8.